The molecule has 6 atom stereocenters. The number of likely N-dealkylation sites (tertiary alicyclic amines) is 2. The smallest absolute Gasteiger partial charge is 0.248 e. The van der Waals surface area contributed by atoms with Gasteiger partial charge in [0.25, 0.3) is 0 Å². The van der Waals surface area contributed by atoms with Crippen LogP contribution in [0.2, 0.25) is 0 Å². The van der Waals surface area contributed by atoms with Crippen LogP contribution in [0.5, 0.6) is 0 Å². The van der Waals surface area contributed by atoms with Crippen LogP contribution in [0.3, 0.4) is 0 Å². The van der Waals surface area contributed by atoms with Crippen molar-refractivity contribution in [3.63, 3.8) is 0 Å². The number of nitrogens with zero attached hydrogens (tertiary/aromatic N) is 4. The molecule has 0 saturated carbocycles. The van der Waals surface area contributed by atoms with Crippen molar-refractivity contribution in [1.29, 1.82) is 0 Å². The number of piperidine rings is 2. The van der Waals surface area contributed by atoms with E-state index in [2.05, 4.69) is 69.7 Å². The number of nitrogens with one attached hydrogen (secondary N) is 2. The zero-order chi connectivity index (χ0) is 39.2. The summed E-state index contributed by atoms with van der Waals surface area (Å²) in [6.45, 7) is 8.63. The van der Waals surface area contributed by atoms with Gasteiger partial charge in [0.05, 0.1) is 24.2 Å². The minimum absolute atomic E-state index is 0.0571. The number of hydrogen-bond donors (Lipinski definition) is 2. The molecule has 0 radical (unpaired) electrons. The molecule has 0 unspecified atom stereocenters. The predicted molar refractivity (Wildman–Crippen MR) is 220 cm³/mol. The van der Waals surface area contributed by atoms with Crippen molar-refractivity contribution in [2.24, 2.45) is 23.7 Å². The summed E-state index contributed by atoms with van der Waals surface area (Å²) in [5.41, 5.74) is 6.26. The predicted octanol–water partition coefficient (Wildman–Crippen LogP) is 5.88. The summed E-state index contributed by atoms with van der Waals surface area (Å²) < 4.78 is 0. The van der Waals surface area contributed by atoms with Crippen LogP contribution in [-0.2, 0) is 33.5 Å². The molecule has 2 saturated heterocycles. The van der Waals surface area contributed by atoms with Gasteiger partial charge in [0.2, 0.25) is 22.9 Å². The van der Waals surface area contributed by atoms with Gasteiger partial charge in [-0.15, -0.1) is 0 Å². The van der Waals surface area contributed by atoms with Gasteiger partial charge in [-0.25, -0.2) is 0 Å². The van der Waals surface area contributed by atoms with Crippen LogP contribution in [0.4, 0.5) is 0 Å². The van der Waals surface area contributed by atoms with E-state index in [1.165, 1.54) is 35.1 Å². The molecule has 302 valence electrons. The molecule has 0 aromatic carbocycles. The fraction of sp³-hybridized carbons (Fsp3) is 0.652. The van der Waals surface area contributed by atoms with Gasteiger partial charge in [-0.2, -0.15) is 0 Å². The number of pyridine rings is 2. The minimum Gasteiger partial charge on any atom is -0.331 e. The van der Waals surface area contributed by atoms with E-state index in [-0.39, 0.29) is 34.0 Å². The first-order valence-electron chi connectivity index (χ1n) is 21.8. The number of likely N-dealkylation sites (N-methyl/N-ethyl adjacent to an activating group) is 2. The average Bonchev–Trinajstić information content (AvgIpc) is 3.14. The van der Waals surface area contributed by atoms with Gasteiger partial charge in [0.15, 0.2) is 0 Å². The molecule has 8 rings (SSSR count). The van der Waals surface area contributed by atoms with Gasteiger partial charge in [-0.05, 0) is 152 Å². The van der Waals surface area contributed by atoms with Crippen molar-refractivity contribution in [3.8, 4) is 0 Å². The largest absolute Gasteiger partial charge is 0.331 e. The van der Waals surface area contributed by atoms with Gasteiger partial charge >= 0.3 is 0 Å². The number of carbonyl (C=O) groups is 2. The third-order valence-corrected chi connectivity index (χ3v) is 14.7. The van der Waals surface area contributed by atoms with Crippen molar-refractivity contribution >= 4 is 11.8 Å². The standard InChI is InChI=1S/C46H64N6O4/c1-31-23-33-25-39-37(15-17-41(53)47-39)45(27-31)35(33)13-11-21-51(45)43(55)29-49(3)19-9-7-5-6-8-10-20-50(4)30-44(56)52-22-12-14-36-34-24-32(2)28-46(36,52)38-16-18-42(54)48-40(38)26-34/h15-18,23-24,33-36H,5-14,19-22,25-30H2,1-4H3,(H,47,53)(H,48,54)/t33-,34-,35-,36-,45+,46+/m1/s1. The number of rotatable bonds is 13. The van der Waals surface area contributed by atoms with Crippen LogP contribution in [0.15, 0.2) is 57.2 Å². The monoisotopic (exact) mass is 764 g/mol. The molecule has 0 spiro atoms. The normalized spacial score (nSPS) is 28.9. The van der Waals surface area contributed by atoms with Gasteiger partial charge < -0.3 is 19.8 Å². The summed E-state index contributed by atoms with van der Waals surface area (Å²) in [5, 5.41) is 0. The molecular formula is C46H64N6O4. The average molecular weight is 765 g/mol. The van der Waals surface area contributed by atoms with Crippen molar-refractivity contribution in [1.82, 2.24) is 29.6 Å². The molecule has 56 heavy (non-hydrogen) atoms. The number of aromatic amines is 2. The third-order valence-electron chi connectivity index (χ3n) is 14.7. The first-order chi connectivity index (χ1) is 27.0. The molecule has 2 N–H and O–H groups in total. The molecule has 10 nitrogen and oxygen atoms in total. The number of unbranched alkanes of at least 4 members (excludes halogenated alkanes) is 5. The van der Waals surface area contributed by atoms with E-state index in [4.69, 9.17) is 0 Å². The lowest BCUT2D eigenvalue weighted by atomic mass is 9.56. The minimum atomic E-state index is -0.352. The molecule has 4 bridgehead atoms. The Labute approximate surface area is 332 Å². The topological polar surface area (TPSA) is 113 Å². The maximum atomic E-state index is 14.1. The quantitative estimate of drug-likeness (QED) is 0.195. The zero-order valence-electron chi connectivity index (χ0n) is 34.3. The highest BCUT2D eigenvalue weighted by atomic mass is 16.2. The maximum absolute atomic E-state index is 14.1. The lowest BCUT2D eigenvalue weighted by molar-refractivity contribution is -0.149. The highest BCUT2D eigenvalue weighted by Crippen LogP contribution is 2.58. The number of hydrogen-bond acceptors (Lipinski definition) is 6. The fourth-order valence-electron chi connectivity index (χ4n) is 12.6. The Hall–Kier alpha value is -3.76. The summed E-state index contributed by atoms with van der Waals surface area (Å²) in [6, 6.07) is 7.32. The second-order valence-corrected chi connectivity index (χ2v) is 18.6. The number of carbonyl (C=O) groups excluding carboxylic acids is 2. The van der Waals surface area contributed by atoms with E-state index in [0.29, 0.717) is 36.8 Å². The third kappa shape index (κ3) is 7.07. The first kappa shape index (κ1) is 39.1. The number of H-pyrrole nitrogens is 2. The SMILES string of the molecule is CC1=C[C@@H]2Cc3[nH]c(=O)ccc3[C@]3(C1)[C@@H]2CCCN3C(=O)CN(C)CCCCCCCCN(C)CC(=O)N1CCC[C@@H]2[C@@H]3C=C(C)C[C@@]21c1ccc(=O)[nH]c1C3. The molecule has 6 aliphatic rings. The summed E-state index contributed by atoms with van der Waals surface area (Å²) in [6.07, 6.45) is 19.3. The zero-order valence-corrected chi connectivity index (χ0v) is 34.3. The van der Waals surface area contributed by atoms with Crippen molar-refractivity contribution in [3.05, 3.63) is 90.8 Å². The van der Waals surface area contributed by atoms with E-state index in [9.17, 15) is 19.2 Å². The van der Waals surface area contributed by atoms with Gasteiger partial charge in [-0.3, -0.25) is 29.0 Å². The number of aromatic nitrogens is 2. The summed E-state index contributed by atoms with van der Waals surface area (Å²) in [7, 11) is 4.16. The van der Waals surface area contributed by atoms with E-state index in [1.54, 1.807) is 12.1 Å². The second-order valence-electron chi connectivity index (χ2n) is 18.6. The molecule has 2 fully saturated rings. The summed E-state index contributed by atoms with van der Waals surface area (Å²) >= 11 is 0. The fourth-order valence-corrected chi connectivity index (χ4v) is 12.6. The lowest BCUT2D eigenvalue weighted by Gasteiger charge is -2.59. The first-order valence-corrected chi connectivity index (χ1v) is 21.8. The second kappa shape index (κ2) is 15.9. The van der Waals surface area contributed by atoms with Crippen LogP contribution >= 0.6 is 0 Å². The van der Waals surface area contributed by atoms with Crippen molar-refractivity contribution in [2.75, 3.05) is 53.4 Å². The van der Waals surface area contributed by atoms with Crippen LogP contribution in [0, 0.1) is 23.7 Å². The van der Waals surface area contributed by atoms with E-state index in [0.717, 1.165) is 115 Å². The Morgan fingerprint density at radius 3 is 1.50 bits per heavy atom. The van der Waals surface area contributed by atoms with Crippen LogP contribution in [-0.4, -0.2) is 94.7 Å². The Bertz CT molecular complexity index is 1860. The van der Waals surface area contributed by atoms with Crippen molar-refractivity contribution in [2.45, 2.75) is 115 Å². The number of fused-ring (bicyclic) bond motifs is 2. The van der Waals surface area contributed by atoms with Crippen molar-refractivity contribution < 1.29 is 9.59 Å². The molecule has 2 aromatic rings. The highest BCUT2D eigenvalue weighted by Gasteiger charge is 2.58. The van der Waals surface area contributed by atoms with Crippen LogP contribution in [0.25, 0.3) is 0 Å². The molecular weight excluding hydrogens is 701 g/mol. The molecule has 4 heterocycles. The Morgan fingerprint density at radius 1 is 0.661 bits per heavy atom. The van der Waals surface area contributed by atoms with E-state index in [1.807, 2.05) is 12.1 Å². The number of allylic oxidation sites excluding steroid dienone is 2. The van der Waals surface area contributed by atoms with E-state index >= 15 is 0 Å². The molecule has 2 amide bonds. The Kier molecular flexibility index (Phi) is 11.1. The molecule has 2 aromatic heterocycles. The van der Waals surface area contributed by atoms with Gasteiger partial charge in [-0.1, -0.05) is 49.0 Å². The lowest BCUT2D eigenvalue weighted by Crippen LogP contribution is -2.63. The Balaban J connectivity index is 0.774. The van der Waals surface area contributed by atoms with Crippen LogP contribution in [0.1, 0.15) is 113 Å². The van der Waals surface area contributed by atoms with Gasteiger partial charge in [0.1, 0.15) is 0 Å². The van der Waals surface area contributed by atoms with Gasteiger partial charge in [0, 0.05) is 36.6 Å². The summed E-state index contributed by atoms with van der Waals surface area (Å²) in [5.74, 6) is 1.96. The summed E-state index contributed by atoms with van der Waals surface area (Å²) in [4.78, 5) is 67.8. The molecule has 4 aliphatic carbocycles. The van der Waals surface area contributed by atoms with E-state index < -0.39 is 0 Å². The van der Waals surface area contributed by atoms with Crippen LogP contribution < -0.4 is 11.1 Å². The molecule has 2 aliphatic heterocycles. The maximum Gasteiger partial charge on any atom is 0.248 e. The molecule has 10 heteroatoms. The Morgan fingerprint density at radius 2 is 1.07 bits per heavy atom. The highest BCUT2D eigenvalue weighted by molar-refractivity contribution is 5.80. The number of amides is 2.